The Balaban J connectivity index is 1.63. The predicted molar refractivity (Wildman–Crippen MR) is 98.5 cm³/mol. The van der Waals surface area contributed by atoms with E-state index in [9.17, 15) is 0 Å². The summed E-state index contributed by atoms with van der Waals surface area (Å²) < 4.78 is 0. The van der Waals surface area contributed by atoms with Crippen LogP contribution in [-0.4, -0.2) is 8.07 Å². The lowest BCUT2D eigenvalue weighted by Gasteiger charge is -2.44. The van der Waals surface area contributed by atoms with Crippen molar-refractivity contribution in [3.05, 3.63) is 48.6 Å². The molecule has 0 aromatic carbocycles. The first-order chi connectivity index (χ1) is 10.6. The van der Waals surface area contributed by atoms with E-state index in [0.717, 1.165) is 40.7 Å². The molecule has 0 aromatic rings. The van der Waals surface area contributed by atoms with Crippen molar-refractivity contribution >= 4 is 8.07 Å². The molecule has 2 saturated carbocycles. The monoisotopic (exact) mass is 310 g/mol. The molecule has 0 radical (unpaired) electrons. The molecular formula is C21H30Si. The summed E-state index contributed by atoms with van der Waals surface area (Å²) in [5.74, 6) is 4.27. The lowest BCUT2D eigenvalue weighted by atomic mass is 9.91. The van der Waals surface area contributed by atoms with Crippen molar-refractivity contribution < 1.29 is 0 Å². The summed E-state index contributed by atoms with van der Waals surface area (Å²) in [4.78, 5) is 0. The van der Waals surface area contributed by atoms with Crippen LogP contribution in [0.1, 0.15) is 26.2 Å². The molecule has 0 amide bonds. The zero-order valence-corrected chi connectivity index (χ0v) is 15.3. The minimum Gasteiger partial charge on any atom is -0.0808 e. The third kappa shape index (κ3) is 2.16. The zero-order valence-electron chi connectivity index (χ0n) is 14.3. The van der Waals surface area contributed by atoms with E-state index in [-0.39, 0.29) is 0 Å². The van der Waals surface area contributed by atoms with E-state index >= 15 is 0 Å². The first-order valence-electron chi connectivity index (χ1n) is 9.29. The molecular weight excluding hydrogens is 280 g/mol. The Labute approximate surface area is 137 Å². The molecule has 22 heavy (non-hydrogen) atoms. The first kappa shape index (κ1) is 14.7. The van der Waals surface area contributed by atoms with Crippen molar-refractivity contribution in [3.63, 3.8) is 0 Å². The molecule has 7 atom stereocenters. The smallest absolute Gasteiger partial charge is 0.0550 e. The highest BCUT2D eigenvalue weighted by Crippen LogP contribution is 2.60. The molecule has 0 aliphatic heterocycles. The summed E-state index contributed by atoms with van der Waals surface area (Å²) in [7, 11) is -1.29. The molecule has 0 nitrogen and oxygen atoms in total. The van der Waals surface area contributed by atoms with Gasteiger partial charge >= 0.3 is 0 Å². The van der Waals surface area contributed by atoms with Crippen LogP contribution in [0.25, 0.3) is 0 Å². The van der Waals surface area contributed by atoms with Crippen molar-refractivity contribution in [3.8, 4) is 0 Å². The fourth-order valence-corrected chi connectivity index (χ4v) is 12.3. The van der Waals surface area contributed by atoms with Crippen LogP contribution >= 0.6 is 0 Å². The van der Waals surface area contributed by atoms with Gasteiger partial charge in [0.15, 0.2) is 0 Å². The van der Waals surface area contributed by atoms with Gasteiger partial charge in [-0.15, -0.1) is 0 Å². The van der Waals surface area contributed by atoms with Crippen LogP contribution in [0.15, 0.2) is 48.6 Å². The summed E-state index contributed by atoms with van der Waals surface area (Å²) in [5, 5.41) is 0. The third-order valence-corrected chi connectivity index (χ3v) is 12.6. The first-order valence-corrected chi connectivity index (χ1v) is 12.4. The Morgan fingerprint density at radius 1 is 0.773 bits per heavy atom. The van der Waals surface area contributed by atoms with Gasteiger partial charge < -0.3 is 0 Å². The quantitative estimate of drug-likeness (QED) is 0.550. The van der Waals surface area contributed by atoms with E-state index in [1.54, 1.807) is 0 Å². The molecule has 0 spiro atoms. The topological polar surface area (TPSA) is 0 Å². The summed E-state index contributed by atoms with van der Waals surface area (Å²) in [6, 6.07) is 0. The average Bonchev–Trinajstić information content (AvgIpc) is 3.07. The number of allylic oxidation sites excluding steroid dienone is 8. The summed E-state index contributed by atoms with van der Waals surface area (Å²) in [6.07, 6.45) is 23.6. The van der Waals surface area contributed by atoms with Gasteiger partial charge in [-0.1, -0.05) is 75.0 Å². The van der Waals surface area contributed by atoms with Crippen molar-refractivity contribution in [2.75, 3.05) is 0 Å². The third-order valence-electron chi connectivity index (χ3n) is 7.36. The Kier molecular flexibility index (Phi) is 3.60. The maximum atomic E-state index is 2.72. The second-order valence-electron chi connectivity index (χ2n) is 8.77. The lowest BCUT2D eigenvalue weighted by molar-refractivity contribution is 0.506. The predicted octanol–water partition coefficient (Wildman–Crippen LogP) is 5.99. The Bertz CT molecular complexity index is 550. The van der Waals surface area contributed by atoms with E-state index in [2.05, 4.69) is 68.6 Å². The molecule has 0 aromatic heterocycles. The highest BCUT2D eigenvalue weighted by atomic mass is 28.3. The standard InChI is InChI=1S/C21H30Si/c1-15-14-17-9-5-7-11-19(17)21(15)22(2,3)20-13-12-16-8-4-6-10-18(16)20/h4-11,15-21H,12-14H2,1-3H3. The molecule has 2 fully saturated rings. The van der Waals surface area contributed by atoms with Gasteiger partial charge in [-0.3, -0.25) is 0 Å². The maximum absolute atomic E-state index is 2.72. The Hall–Kier alpha value is -0.823. The van der Waals surface area contributed by atoms with Crippen LogP contribution in [0, 0.1) is 29.6 Å². The molecule has 0 heterocycles. The van der Waals surface area contributed by atoms with Crippen molar-refractivity contribution in [1.29, 1.82) is 0 Å². The summed E-state index contributed by atoms with van der Waals surface area (Å²) in [6.45, 7) is 7.99. The number of rotatable bonds is 2. The molecule has 0 bridgehead atoms. The number of fused-ring (bicyclic) bond motifs is 2. The fourth-order valence-electron chi connectivity index (χ4n) is 6.55. The van der Waals surface area contributed by atoms with Gasteiger partial charge in [0, 0.05) is 0 Å². The van der Waals surface area contributed by atoms with Crippen molar-refractivity contribution in [1.82, 2.24) is 0 Å². The largest absolute Gasteiger partial charge is 0.0808 e. The van der Waals surface area contributed by atoms with Gasteiger partial charge in [-0.05, 0) is 53.5 Å². The van der Waals surface area contributed by atoms with Crippen LogP contribution in [0.2, 0.25) is 24.2 Å². The summed E-state index contributed by atoms with van der Waals surface area (Å²) in [5.41, 5.74) is 1.96. The zero-order chi connectivity index (χ0) is 15.3. The average molecular weight is 311 g/mol. The molecule has 118 valence electrons. The molecule has 1 heteroatoms. The van der Waals surface area contributed by atoms with Gasteiger partial charge in [-0.25, -0.2) is 0 Å². The van der Waals surface area contributed by atoms with E-state index in [1.165, 1.54) is 19.3 Å². The van der Waals surface area contributed by atoms with Crippen LogP contribution in [0.3, 0.4) is 0 Å². The normalized spacial score (nSPS) is 46.0. The van der Waals surface area contributed by atoms with Crippen LogP contribution in [-0.2, 0) is 0 Å². The lowest BCUT2D eigenvalue weighted by Crippen LogP contribution is -2.44. The van der Waals surface area contributed by atoms with Gasteiger partial charge in [0.2, 0.25) is 0 Å². The van der Waals surface area contributed by atoms with Gasteiger partial charge in [0.25, 0.3) is 0 Å². The summed E-state index contributed by atoms with van der Waals surface area (Å²) >= 11 is 0. The second-order valence-corrected chi connectivity index (χ2v) is 13.8. The van der Waals surface area contributed by atoms with E-state index in [0.29, 0.717) is 0 Å². The highest BCUT2D eigenvalue weighted by Gasteiger charge is 2.54. The Morgan fingerprint density at radius 3 is 2.18 bits per heavy atom. The molecule has 4 rings (SSSR count). The highest BCUT2D eigenvalue weighted by molar-refractivity contribution is 6.80. The van der Waals surface area contributed by atoms with Gasteiger partial charge in [0.1, 0.15) is 0 Å². The number of hydrogen-bond acceptors (Lipinski definition) is 0. The molecule has 4 aliphatic carbocycles. The van der Waals surface area contributed by atoms with E-state index in [4.69, 9.17) is 0 Å². The van der Waals surface area contributed by atoms with Crippen LogP contribution in [0.5, 0.6) is 0 Å². The van der Waals surface area contributed by atoms with Gasteiger partial charge in [0.05, 0.1) is 8.07 Å². The SMILES string of the molecule is CC1CC2C=CC=CC2C1[Si](C)(C)C1CCC2C=CC=CC21. The Morgan fingerprint density at radius 2 is 1.41 bits per heavy atom. The molecule has 0 saturated heterocycles. The molecule has 4 aliphatic rings. The van der Waals surface area contributed by atoms with E-state index < -0.39 is 8.07 Å². The molecule has 0 N–H and O–H groups in total. The van der Waals surface area contributed by atoms with Crippen molar-refractivity contribution in [2.24, 2.45) is 29.6 Å². The minimum absolute atomic E-state index is 0.829. The second kappa shape index (κ2) is 5.37. The van der Waals surface area contributed by atoms with Crippen LogP contribution < -0.4 is 0 Å². The van der Waals surface area contributed by atoms with Crippen molar-refractivity contribution in [2.45, 2.75) is 50.4 Å². The van der Waals surface area contributed by atoms with Crippen LogP contribution in [0.4, 0.5) is 0 Å². The molecule has 7 unspecified atom stereocenters. The van der Waals surface area contributed by atoms with Gasteiger partial charge in [-0.2, -0.15) is 0 Å². The number of hydrogen-bond donors (Lipinski definition) is 0. The fraction of sp³-hybridized carbons (Fsp3) is 0.619. The maximum Gasteiger partial charge on any atom is 0.0550 e. The minimum atomic E-state index is -1.29. The van der Waals surface area contributed by atoms with E-state index in [1.807, 2.05) is 0 Å².